The van der Waals surface area contributed by atoms with Crippen molar-refractivity contribution in [2.24, 2.45) is 17.3 Å². The highest BCUT2D eigenvalue weighted by atomic mass is 16.1. The van der Waals surface area contributed by atoms with Crippen LogP contribution in [0.2, 0.25) is 0 Å². The standard InChI is InChI=1S/C26H44N2O2/c1-6-26(17-23(18-26)19-27-25(30)20(3)4)16-21(5)24(29)12-8-10-22-11-9-14-28(7-2)15-13-22/h10,20,23H,5-9,11-19H2,1-4H3,(H,27,30)/b22-10-. The lowest BCUT2D eigenvalue weighted by molar-refractivity contribution is -0.124. The van der Waals surface area contributed by atoms with Crippen LogP contribution < -0.4 is 5.32 Å². The van der Waals surface area contributed by atoms with Gasteiger partial charge in [-0.2, -0.15) is 0 Å². The minimum atomic E-state index is 0.0388. The van der Waals surface area contributed by atoms with Crippen molar-refractivity contribution in [3.8, 4) is 0 Å². The number of carbonyl (C=O) groups is 2. The zero-order valence-electron chi connectivity index (χ0n) is 19.9. The van der Waals surface area contributed by atoms with Gasteiger partial charge in [0.15, 0.2) is 5.78 Å². The summed E-state index contributed by atoms with van der Waals surface area (Å²) in [6, 6.07) is 0. The predicted octanol–water partition coefficient (Wildman–Crippen LogP) is 5.29. The van der Waals surface area contributed by atoms with Gasteiger partial charge in [0.1, 0.15) is 0 Å². The van der Waals surface area contributed by atoms with Crippen LogP contribution in [0.3, 0.4) is 0 Å². The minimum Gasteiger partial charge on any atom is -0.356 e. The van der Waals surface area contributed by atoms with Crippen LogP contribution in [0.25, 0.3) is 0 Å². The number of likely N-dealkylation sites (tertiary alicyclic amines) is 1. The molecule has 1 N–H and O–H groups in total. The normalized spacial score (nSPS) is 26.3. The van der Waals surface area contributed by atoms with Gasteiger partial charge in [-0.25, -0.2) is 0 Å². The number of ketones is 1. The molecule has 170 valence electrons. The number of nitrogens with one attached hydrogen (secondary N) is 1. The van der Waals surface area contributed by atoms with Gasteiger partial charge in [0.05, 0.1) is 0 Å². The Morgan fingerprint density at radius 2 is 1.97 bits per heavy atom. The lowest BCUT2D eigenvalue weighted by atomic mass is 9.58. The first-order valence-corrected chi connectivity index (χ1v) is 12.2. The van der Waals surface area contributed by atoms with Crippen molar-refractivity contribution in [1.82, 2.24) is 10.2 Å². The highest BCUT2D eigenvalue weighted by Crippen LogP contribution is 2.52. The van der Waals surface area contributed by atoms with E-state index < -0.39 is 0 Å². The number of hydrogen-bond donors (Lipinski definition) is 1. The molecular weight excluding hydrogens is 372 g/mol. The monoisotopic (exact) mass is 416 g/mol. The number of carbonyl (C=O) groups excluding carboxylic acids is 2. The van der Waals surface area contributed by atoms with Gasteiger partial charge in [0, 0.05) is 25.4 Å². The summed E-state index contributed by atoms with van der Waals surface area (Å²) in [6.07, 6.45) is 11.4. The smallest absolute Gasteiger partial charge is 0.222 e. The molecule has 2 aliphatic rings. The lowest BCUT2D eigenvalue weighted by Gasteiger charge is -2.48. The van der Waals surface area contributed by atoms with Crippen molar-refractivity contribution in [3.63, 3.8) is 0 Å². The van der Waals surface area contributed by atoms with Crippen molar-refractivity contribution >= 4 is 11.7 Å². The van der Waals surface area contributed by atoms with Crippen molar-refractivity contribution in [3.05, 3.63) is 23.8 Å². The molecule has 1 amide bonds. The van der Waals surface area contributed by atoms with Gasteiger partial charge >= 0.3 is 0 Å². The molecule has 0 spiro atoms. The Morgan fingerprint density at radius 3 is 2.60 bits per heavy atom. The molecule has 1 heterocycles. The molecule has 0 aromatic carbocycles. The summed E-state index contributed by atoms with van der Waals surface area (Å²) in [6.45, 7) is 16.7. The number of Topliss-reactive ketones (excluding diaryl/α,β-unsaturated/α-hetero) is 1. The quantitative estimate of drug-likeness (QED) is 0.368. The van der Waals surface area contributed by atoms with Crippen LogP contribution in [-0.2, 0) is 9.59 Å². The third-order valence-electron chi connectivity index (χ3n) is 7.24. The summed E-state index contributed by atoms with van der Waals surface area (Å²) in [7, 11) is 0. The van der Waals surface area contributed by atoms with E-state index in [4.69, 9.17) is 0 Å². The average Bonchev–Trinajstić information content (AvgIpc) is 2.94. The van der Waals surface area contributed by atoms with E-state index in [-0.39, 0.29) is 23.0 Å². The summed E-state index contributed by atoms with van der Waals surface area (Å²) < 4.78 is 0. The first-order chi connectivity index (χ1) is 14.3. The molecule has 4 nitrogen and oxygen atoms in total. The Labute approximate surface area is 184 Å². The predicted molar refractivity (Wildman–Crippen MR) is 125 cm³/mol. The Morgan fingerprint density at radius 1 is 1.23 bits per heavy atom. The molecule has 0 radical (unpaired) electrons. The Kier molecular flexibility index (Phi) is 9.80. The van der Waals surface area contributed by atoms with Gasteiger partial charge in [-0.05, 0) is 74.9 Å². The first kappa shape index (κ1) is 24.8. The minimum absolute atomic E-state index is 0.0388. The average molecular weight is 417 g/mol. The summed E-state index contributed by atoms with van der Waals surface area (Å²) in [5.74, 6) is 0.948. The molecule has 0 bridgehead atoms. The summed E-state index contributed by atoms with van der Waals surface area (Å²) in [4.78, 5) is 26.9. The molecule has 1 saturated heterocycles. The second kappa shape index (κ2) is 11.8. The van der Waals surface area contributed by atoms with E-state index in [9.17, 15) is 9.59 Å². The zero-order valence-corrected chi connectivity index (χ0v) is 19.9. The maximum absolute atomic E-state index is 12.7. The van der Waals surface area contributed by atoms with Gasteiger partial charge in [0.25, 0.3) is 0 Å². The fourth-order valence-corrected chi connectivity index (χ4v) is 5.04. The maximum atomic E-state index is 12.7. The van der Waals surface area contributed by atoms with Gasteiger partial charge in [-0.15, -0.1) is 0 Å². The largest absolute Gasteiger partial charge is 0.356 e. The summed E-state index contributed by atoms with van der Waals surface area (Å²) >= 11 is 0. The van der Waals surface area contributed by atoms with Crippen LogP contribution in [0.4, 0.5) is 0 Å². The van der Waals surface area contributed by atoms with Crippen molar-refractivity contribution in [2.45, 2.75) is 85.5 Å². The fourth-order valence-electron chi connectivity index (χ4n) is 5.04. The molecule has 2 fully saturated rings. The zero-order chi connectivity index (χ0) is 22.1. The lowest BCUT2D eigenvalue weighted by Crippen LogP contribution is -2.44. The van der Waals surface area contributed by atoms with Crippen molar-refractivity contribution < 1.29 is 9.59 Å². The third kappa shape index (κ3) is 7.37. The fraction of sp³-hybridized carbons (Fsp3) is 0.769. The van der Waals surface area contributed by atoms with Crippen molar-refractivity contribution in [2.75, 3.05) is 26.2 Å². The molecule has 1 saturated carbocycles. The summed E-state index contributed by atoms with van der Waals surface area (Å²) in [5, 5.41) is 3.05. The van der Waals surface area contributed by atoms with E-state index in [1.807, 2.05) is 13.8 Å². The Hall–Kier alpha value is -1.42. The van der Waals surface area contributed by atoms with E-state index in [1.165, 1.54) is 25.0 Å². The van der Waals surface area contributed by atoms with Crippen LogP contribution in [-0.4, -0.2) is 42.8 Å². The second-order valence-corrected chi connectivity index (χ2v) is 9.92. The molecule has 2 rings (SSSR count). The molecule has 1 aliphatic carbocycles. The molecule has 0 aromatic rings. The number of allylic oxidation sites excluding steroid dienone is 2. The molecule has 0 unspecified atom stereocenters. The van der Waals surface area contributed by atoms with E-state index >= 15 is 0 Å². The highest BCUT2D eigenvalue weighted by molar-refractivity contribution is 5.94. The second-order valence-electron chi connectivity index (χ2n) is 9.92. The number of rotatable bonds is 11. The molecule has 1 aliphatic heterocycles. The topological polar surface area (TPSA) is 49.4 Å². The number of nitrogens with zero attached hydrogens (tertiary/aromatic N) is 1. The Bertz CT molecular complexity index is 629. The van der Waals surface area contributed by atoms with Gasteiger partial charge in [-0.1, -0.05) is 52.3 Å². The van der Waals surface area contributed by atoms with E-state index in [2.05, 4.69) is 36.7 Å². The Balaban J connectivity index is 1.72. The number of hydrogen-bond acceptors (Lipinski definition) is 3. The molecular formula is C26H44N2O2. The first-order valence-electron chi connectivity index (χ1n) is 12.2. The van der Waals surface area contributed by atoms with Gasteiger partial charge < -0.3 is 10.2 Å². The van der Waals surface area contributed by atoms with Gasteiger partial charge in [-0.3, -0.25) is 9.59 Å². The highest BCUT2D eigenvalue weighted by Gasteiger charge is 2.43. The van der Waals surface area contributed by atoms with E-state index in [1.54, 1.807) is 0 Å². The molecule has 0 aromatic heterocycles. The van der Waals surface area contributed by atoms with Crippen LogP contribution in [0.1, 0.15) is 85.5 Å². The van der Waals surface area contributed by atoms with Crippen molar-refractivity contribution in [1.29, 1.82) is 0 Å². The molecule has 0 atom stereocenters. The van der Waals surface area contributed by atoms with Crippen LogP contribution in [0.5, 0.6) is 0 Å². The molecule has 4 heteroatoms. The van der Waals surface area contributed by atoms with Crippen LogP contribution in [0.15, 0.2) is 23.8 Å². The van der Waals surface area contributed by atoms with Gasteiger partial charge in [0.2, 0.25) is 5.91 Å². The number of amides is 1. The third-order valence-corrected chi connectivity index (χ3v) is 7.24. The van der Waals surface area contributed by atoms with E-state index in [0.29, 0.717) is 12.3 Å². The summed E-state index contributed by atoms with van der Waals surface area (Å²) in [5.41, 5.74) is 2.54. The maximum Gasteiger partial charge on any atom is 0.222 e. The SMILES string of the molecule is C=C(CC1(CC)CC(CNC(=O)C(C)C)C1)C(=O)CC/C=C1/CCCN(CC)CC1. The van der Waals surface area contributed by atoms with Crippen LogP contribution >= 0.6 is 0 Å². The van der Waals surface area contributed by atoms with E-state index in [0.717, 1.165) is 63.7 Å². The van der Waals surface area contributed by atoms with Crippen LogP contribution in [0, 0.1) is 17.3 Å². The molecule has 30 heavy (non-hydrogen) atoms.